The molecule has 0 aliphatic heterocycles. The number of ether oxygens (including phenoxy) is 1. The van der Waals surface area contributed by atoms with Gasteiger partial charge in [0.2, 0.25) is 10.0 Å². The smallest absolute Gasteiger partial charge is 0.242 e. The number of hydrogen-bond donors (Lipinski definition) is 1. The number of aromatic nitrogens is 4. The molecule has 0 saturated carbocycles. The number of hydrogen-bond acceptors (Lipinski definition) is 7. The average Bonchev–Trinajstić information content (AvgIpc) is 3.28. The molecule has 0 bridgehead atoms. The van der Waals surface area contributed by atoms with Crippen LogP contribution in [-0.4, -0.2) is 53.7 Å². The van der Waals surface area contributed by atoms with Gasteiger partial charge in [0.05, 0.1) is 17.6 Å². The van der Waals surface area contributed by atoms with Gasteiger partial charge in [-0.05, 0) is 30.3 Å². The Bertz CT molecular complexity index is 1630. The molecule has 0 unspecified atom stereocenters. The highest BCUT2D eigenvalue weighted by atomic mass is 32.2. The van der Waals surface area contributed by atoms with Crippen molar-refractivity contribution in [2.24, 2.45) is 0 Å². The van der Waals surface area contributed by atoms with Crippen LogP contribution in [0.4, 0.5) is 11.5 Å². The molecule has 0 aliphatic rings. The van der Waals surface area contributed by atoms with E-state index in [1.807, 2.05) is 48.5 Å². The Labute approximate surface area is 196 Å². The van der Waals surface area contributed by atoms with Gasteiger partial charge in [-0.3, -0.25) is 0 Å². The summed E-state index contributed by atoms with van der Waals surface area (Å²) in [5, 5.41) is 18.6. The summed E-state index contributed by atoms with van der Waals surface area (Å²) in [5.41, 5.74) is 1.95. The predicted octanol–water partition coefficient (Wildman–Crippen LogP) is 3.95. The fourth-order valence-corrected chi connectivity index (χ4v) is 4.70. The Morgan fingerprint density at radius 1 is 0.912 bits per heavy atom. The van der Waals surface area contributed by atoms with Crippen molar-refractivity contribution in [2.75, 3.05) is 26.5 Å². The summed E-state index contributed by atoms with van der Waals surface area (Å²) in [6.45, 7) is 0. The summed E-state index contributed by atoms with van der Waals surface area (Å²) < 4.78 is 33.6. The van der Waals surface area contributed by atoms with Crippen molar-refractivity contribution in [1.29, 1.82) is 0 Å². The molecule has 34 heavy (non-hydrogen) atoms. The van der Waals surface area contributed by atoms with Crippen molar-refractivity contribution in [3.63, 3.8) is 0 Å². The lowest BCUT2D eigenvalue weighted by Crippen LogP contribution is -2.22. The summed E-state index contributed by atoms with van der Waals surface area (Å²) >= 11 is 0. The van der Waals surface area contributed by atoms with Crippen molar-refractivity contribution in [2.45, 2.75) is 4.90 Å². The van der Waals surface area contributed by atoms with Gasteiger partial charge in [-0.25, -0.2) is 12.7 Å². The summed E-state index contributed by atoms with van der Waals surface area (Å²) in [6.07, 6.45) is 0. The van der Waals surface area contributed by atoms with Crippen molar-refractivity contribution in [3.05, 3.63) is 72.8 Å². The number of anilines is 2. The van der Waals surface area contributed by atoms with Gasteiger partial charge in [0.15, 0.2) is 17.3 Å². The lowest BCUT2D eigenvalue weighted by atomic mass is 10.1. The SMILES string of the molecule is COc1ccccc1-c1nnc2c3ccccc3c(Nc3cccc(S(=O)(=O)N(C)C)c3)nn12. The average molecular weight is 475 g/mol. The molecule has 0 saturated heterocycles. The quantitative estimate of drug-likeness (QED) is 0.398. The van der Waals surface area contributed by atoms with Crippen molar-refractivity contribution in [3.8, 4) is 17.1 Å². The molecule has 5 rings (SSSR count). The van der Waals surface area contributed by atoms with E-state index in [4.69, 9.17) is 9.84 Å². The van der Waals surface area contributed by atoms with Crippen molar-refractivity contribution in [1.82, 2.24) is 24.1 Å². The van der Waals surface area contributed by atoms with Crippen LogP contribution in [0.25, 0.3) is 27.8 Å². The van der Waals surface area contributed by atoms with E-state index in [0.29, 0.717) is 28.7 Å². The third-order valence-corrected chi connectivity index (χ3v) is 7.30. The normalized spacial score (nSPS) is 11.9. The van der Waals surface area contributed by atoms with Gasteiger partial charge in [-0.1, -0.05) is 42.5 Å². The minimum absolute atomic E-state index is 0.187. The van der Waals surface area contributed by atoms with E-state index in [0.717, 1.165) is 16.3 Å². The Kier molecular flexibility index (Phi) is 5.39. The first-order valence-corrected chi connectivity index (χ1v) is 11.9. The first-order valence-electron chi connectivity index (χ1n) is 10.5. The highest BCUT2D eigenvalue weighted by Crippen LogP contribution is 2.32. The summed E-state index contributed by atoms with van der Waals surface area (Å²) in [5.74, 6) is 1.73. The number of methoxy groups -OCH3 is 1. The number of nitrogens with one attached hydrogen (secondary N) is 1. The summed E-state index contributed by atoms with van der Waals surface area (Å²) in [6, 6.07) is 21.9. The summed E-state index contributed by atoms with van der Waals surface area (Å²) in [4.78, 5) is 0.187. The molecule has 0 atom stereocenters. The van der Waals surface area contributed by atoms with Gasteiger partial charge in [-0.2, -0.15) is 4.52 Å². The molecule has 0 amide bonds. The maximum absolute atomic E-state index is 12.6. The van der Waals surface area contributed by atoms with E-state index in [1.54, 1.807) is 35.9 Å². The van der Waals surface area contributed by atoms with Crippen LogP contribution in [0.2, 0.25) is 0 Å². The van der Waals surface area contributed by atoms with Crippen LogP contribution in [0.5, 0.6) is 5.75 Å². The zero-order valence-electron chi connectivity index (χ0n) is 18.8. The molecule has 0 spiro atoms. The van der Waals surface area contributed by atoms with Gasteiger partial charge in [0, 0.05) is 30.6 Å². The molecule has 172 valence electrons. The molecule has 2 heterocycles. The highest BCUT2D eigenvalue weighted by Gasteiger charge is 2.20. The number of fused-ring (bicyclic) bond motifs is 3. The van der Waals surface area contributed by atoms with Crippen LogP contribution in [0.3, 0.4) is 0 Å². The van der Waals surface area contributed by atoms with Crippen LogP contribution in [0.1, 0.15) is 0 Å². The Morgan fingerprint density at radius 2 is 1.65 bits per heavy atom. The monoisotopic (exact) mass is 474 g/mol. The molecule has 0 fully saturated rings. The van der Waals surface area contributed by atoms with Crippen LogP contribution in [-0.2, 0) is 10.0 Å². The van der Waals surface area contributed by atoms with Crippen LogP contribution in [0.15, 0.2) is 77.7 Å². The maximum Gasteiger partial charge on any atom is 0.242 e. The molecular formula is C24H22N6O3S. The number of benzene rings is 3. The van der Waals surface area contributed by atoms with E-state index in [-0.39, 0.29) is 4.90 Å². The summed E-state index contributed by atoms with van der Waals surface area (Å²) in [7, 11) is 1.03. The lowest BCUT2D eigenvalue weighted by Gasteiger charge is -2.14. The second kappa shape index (κ2) is 8.40. The first kappa shape index (κ1) is 21.8. The number of nitrogens with zero attached hydrogens (tertiary/aromatic N) is 5. The third-order valence-electron chi connectivity index (χ3n) is 5.49. The lowest BCUT2D eigenvalue weighted by molar-refractivity contribution is 0.416. The standard InChI is InChI=1S/C24H22N6O3S/c1-29(2)34(31,32)17-10-8-9-16(15-17)25-22-18-11-4-5-12-19(18)23-26-27-24(30(23)28-22)20-13-6-7-14-21(20)33-3/h4-15H,1-3H3,(H,25,28). The van der Waals surface area contributed by atoms with E-state index in [1.165, 1.54) is 18.4 Å². The zero-order valence-corrected chi connectivity index (χ0v) is 19.6. The third kappa shape index (κ3) is 3.62. The first-order chi connectivity index (χ1) is 16.4. The topological polar surface area (TPSA) is 102 Å². The molecule has 1 N–H and O–H groups in total. The predicted molar refractivity (Wildman–Crippen MR) is 131 cm³/mol. The Balaban J connectivity index is 1.69. The maximum atomic E-state index is 12.6. The molecule has 0 aliphatic carbocycles. The van der Waals surface area contributed by atoms with Crippen LogP contribution >= 0.6 is 0 Å². The van der Waals surface area contributed by atoms with Crippen molar-refractivity contribution >= 4 is 37.9 Å². The molecule has 2 aromatic heterocycles. The number of sulfonamides is 1. The number of para-hydroxylation sites is 1. The molecule has 10 heteroatoms. The molecular weight excluding hydrogens is 452 g/mol. The Hall–Kier alpha value is -4.02. The van der Waals surface area contributed by atoms with E-state index < -0.39 is 10.0 Å². The highest BCUT2D eigenvalue weighted by molar-refractivity contribution is 7.89. The zero-order chi connectivity index (χ0) is 23.9. The molecule has 9 nitrogen and oxygen atoms in total. The molecule has 3 aromatic carbocycles. The van der Waals surface area contributed by atoms with Gasteiger partial charge < -0.3 is 10.1 Å². The molecule has 0 radical (unpaired) electrons. The van der Waals surface area contributed by atoms with E-state index in [2.05, 4.69) is 15.5 Å². The van der Waals surface area contributed by atoms with E-state index in [9.17, 15) is 8.42 Å². The van der Waals surface area contributed by atoms with Crippen LogP contribution < -0.4 is 10.1 Å². The van der Waals surface area contributed by atoms with Crippen LogP contribution in [0, 0.1) is 0 Å². The fourth-order valence-electron chi connectivity index (χ4n) is 3.75. The molecule has 5 aromatic rings. The van der Waals surface area contributed by atoms with Gasteiger partial charge in [-0.15, -0.1) is 15.3 Å². The van der Waals surface area contributed by atoms with Gasteiger partial charge >= 0.3 is 0 Å². The second-order valence-electron chi connectivity index (χ2n) is 7.79. The Morgan fingerprint density at radius 3 is 2.41 bits per heavy atom. The minimum atomic E-state index is -3.58. The van der Waals surface area contributed by atoms with Gasteiger partial charge in [0.1, 0.15) is 5.75 Å². The fraction of sp³-hybridized carbons (Fsp3) is 0.125. The van der Waals surface area contributed by atoms with E-state index >= 15 is 0 Å². The van der Waals surface area contributed by atoms with Crippen molar-refractivity contribution < 1.29 is 13.2 Å². The van der Waals surface area contributed by atoms with Gasteiger partial charge in [0.25, 0.3) is 0 Å². The largest absolute Gasteiger partial charge is 0.496 e. The second-order valence-corrected chi connectivity index (χ2v) is 9.95. The minimum Gasteiger partial charge on any atom is -0.496 e. The number of rotatable bonds is 6.